The van der Waals surface area contributed by atoms with Crippen molar-refractivity contribution in [2.24, 2.45) is 0 Å². The lowest BCUT2D eigenvalue weighted by Gasteiger charge is -2.28. The molecule has 1 heterocycles. The van der Waals surface area contributed by atoms with E-state index in [-0.39, 0.29) is 9.84 Å². The third-order valence-corrected chi connectivity index (χ3v) is 4.35. The third-order valence-electron chi connectivity index (χ3n) is 1.54. The number of aliphatic hydroxyl groups excluding tert-OH is 1. The van der Waals surface area contributed by atoms with Crippen molar-refractivity contribution >= 4 is 29.5 Å². The molecule has 0 spiro atoms. The second-order valence-corrected chi connectivity index (χ2v) is 6.55. The molecule has 13 heavy (non-hydrogen) atoms. The maximum absolute atomic E-state index is 11.2. The van der Waals surface area contributed by atoms with Crippen molar-refractivity contribution in [3.8, 4) is 0 Å². The lowest BCUT2D eigenvalue weighted by molar-refractivity contribution is -0.135. The maximum atomic E-state index is 11.2. The topological polar surface area (TPSA) is 46.5 Å². The van der Waals surface area contributed by atoms with Gasteiger partial charge in [-0.25, -0.2) is 4.79 Å². The Morgan fingerprint density at radius 1 is 1.62 bits per heavy atom. The molecule has 1 N–H and O–H groups in total. The van der Waals surface area contributed by atoms with Crippen LogP contribution in [-0.2, 0) is 9.53 Å². The van der Waals surface area contributed by atoms with Gasteiger partial charge < -0.3 is 9.84 Å². The number of carbonyl (C=O) groups is 1. The largest absolute Gasteiger partial charge is 0.510 e. The molecule has 74 valence electrons. The number of hydrogen-bond donors (Lipinski definition) is 1. The Bertz CT molecular complexity index is 258. The van der Waals surface area contributed by atoms with Crippen molar-refractivity contribution in [3.63, 3.8) is 0 Å². The molecule has 1 aliphatic rings. The molecule has 0 aromatic heterocycles. The van der Waals surface area contributed by atoms with Crippen molar-refractivity contribution < 1.29 is 14.6 Å². The average Bonchev–Trinajstić information content (AvgIpc) is 2.08. The van der Waals surface area contributed by atoms with E-state index >= 15 is 0 Å². The van der Waals surface area contributed by atoms with Gasteiger partial charge in [0.1, 0.15) is 10.7 Å². The van der Waals surface area contributed by atoms with Crippen molar-refractivity contribution in [3.05, 3.63) is 10.7 Å². The van der Waals surface area contributed by atoms with Gasteiger partial charge in [0.25, 0.3) is 0 Å². The average molecular weight is 220 g/mol. The summed E-state index contributed by atoms with van der Waals surface area (Å²) in [5.74, 6) is 0.154. The predicted molar refractivity (Wildman–Crippen MR) is 55.8 cm³/mol. The van der Waals surface area contributed by atoms with Crippen LogP contribution in [0.15, 0.2) is 10.7 Å². The Kier molecular flexibility index (Phi) is 3.18. The first kappa shape index (κ1) is 10.8. The first-order chi connectivity index (χ1) is 5.96. The molecule has 3 nitrogen and oxygen atoms in total. The number of hydrogen-bond acceptors (Lipinski definition) is 5. The molecule has 5 heteroatoms. The van der Waals surface area contributed by atoms with Crippen LogP contribution in [0.4, 0.5) is 0 Å². The molecule has 0 aliphatic carbocycles. The van der Waals surface area contributed by atoms with Gasteiger partial charge in [0.15, 0.2) is 0 Å². The lowest BCUT2D eigenvalue weighted by atomic mass is 10.5. The Morgan fingerprint density at radius 3 is 2.77 bits per heavy atom. The number of rotatable bonds is 1. The standard InChI is InChI=1S/C8H12O3S2/c1-8(2)12-4-5(9)6(13-8)7(10)11-3/h9H,4H2,1-3H3. The SMILES string of the molecule is COC(=O)C1=C(O)CSC(C)(C)S1. The molecule has 0 atom stereocenters. The summed E-state index contributed by atoms with van der Waals surface area (Å²) in [6, 6.07) is 0. The van der Waals surface area contributed by atoms with Gasteiger partial charge in [0.05, 0.1) is 16.9 Å². The molecule has 0 aromatic carbocycles. The molecular weight excluding hydrogens is 208 g/mol. The fourth-order valence-electron chi connectivity index (χ4n) is 0.894. The van der Waals surface area contributed by atoms with Crippen molar-refractivity contribution in [1.29, 1.82) is 0 Å². The first-order valence-corrected chi connectivity index (χ1v) is 5.60. The number of esters is 1. The van der Waals surface area contributed by atoms with Crippen LogP contribution in [-0.4, -0.2) is 28.0 Å². The van der Waals surface area contributed by atoms with Crippen molar-refractivity contribution in [2.45, 2.75) is 17.9 Å². The van der Waals surface area contributed by atoms with Crippen LogP contribution in [0, 0.1) is 0 Å². The summed E-state index contributed by atoms with van der Waals surface area (Å²) in [7, 11) is 1.32. The molecule has 1 aliphatic heterocycles. The van der Waals surface area contributed by atoms with E-state index in [1.54, 1.807) is 11.8 Å². The highest BCUT2D eigenvalue weighted by atomic mass is 32.2. The van der Waals surface area contributed by atoms with E-state index in [4.69, 9.17) is 0 Å². The van der Waals surface area contributed by atoms with Crippen LogP contribution in [0.3, 0.4) is 0 Å². The highest BCUT2D eigenvalue weighted by Crippen LogP contribution is 2.46. The van der Waals surface area contributed by atoms with Crippen LogP contribution in [0.2, 0.25) is 0 Å². The minimum atomic E-state index is -0.448. The predicted octanol–water partition coefficient (Wildman–Crippen LogP) is 2.15. The minimum Gasteiger partial charge on any atom is -0.510 e. The maximum Gasteiger partial charge on any atom is 0.347 e. The molecule has 0 unspecified atom stereocenters. The first-order valence-electron chi connectivity index (χ1n) is 3.79. The van der Waals surface area contributed by atoms with E-state index in [0.29, 0.717) is 10.7 Å². The summed E-state index contributed by atoms with van der Waals surface area (Å²) in [4.78, 5) is 11.5. The van der Waals surface area contributed by atoms with Gasteiger partial charge in [-0.05, 0) is 13.8 Å². The molecule has 0 bridgehead atoms. The molecule has 0 fully saturated rings. The summed E-state index contributed by atoms with van der Waals surface area (Å²) in [5, 5.41) is 9.44. The Morgan fingerprint density at radius 2 is 2.23 bits per heavy atom. The monoisotopic (exact) mass is 220 g/mol. The lowest BCUT2D eigenvalue weighted by Crippen LogP contribution is -2.20. The van der Waals surface area contributed by atoms with E-state index in [1.807, 2.05) is 13.8 Å². The van der Waals surface area contributed by atoms with Gasteiger partial charge in [0.2, 0.25) is 0 Å². The van der Waals surface area contributed by atoms with Gasteiger partial charge in [0, 0.05) is 0 Å². The number of methoxy groups -OCH3 is 1. The smallest absolute Gasteiger partial charge is 0.347 e. The van der Waals surface area contributed by atoms with Crippen LogP contribution in [0.5, 0.6) is 0 Å². The number of carbonyl (C=O) groups excluding carboxylic acids is 1. The fourth-order valence-corrected chi connectivity index (χ4v) is 3.12. The summed E-state index contributed by atoms with van der Waals surface area (Å²) >= 11 is 2.95. The molecule has 0 amide bonds. The molecule has 0 radical (unpaired) electrons. The number of ether oxygens (including phenoxy) is 1. The van der Waals surface area contributed by atoms with Gasteiger partial charge >= 0.3 is 5.97 Å². The molecule has 1 rings (SSSR count). The summed E-state index contributed by atoms with van der Waals surface area (Å²) < 4.78 is 4.49. The zero-order valence-corrected chi connectivity index (χ0v) is 9.42. The van der Waals surface area contributed by atoms with Crippen LogP contribution < -0.4 is 0 Å². The quantitative estimate of drug-likeness (QED) is 0.686. The van der Waals surface area contributed by atoms with E-state index in [1.165, 1.54) is 18.9 Å². The second-order valence-electron chi connectivity index (χ2n) is 3.06. The minimum absolute atomic E-state index is 0.0737. The summed E-state index contributed by atoms with van der Waals surface area (Å²) in [6.45, 7) is 4.02. The Balaban J connectivity index is 2.86. The van der Waals surface area contributed by atoms with E-state index < -0.39 is 5.97 Å². The fraction of sp³-hybridized carbons (Fsp3) is 0.625. The van der Waals surface area contributed by atoms with Crippen molar-refractivity contribution in [2.75, 3.05) is 12.9 Å². The molecule has 0 saturated carbocycles. The van der Waals surface area contributed by atoms with Gasteiger partial charge in [-0.1, -0.05) is 11.8 Å². The molecule has 0 aromatic rings. The highest BCUT2D eigenvalue weighted by Gasteiger charge is 2.32. The van der Waals surface area contributed by atoms with Gasteiger partial charge in [-0.3, -0.25) is 0 Å². The molecular formula is C8H12O3S2. The van der Waals surface area contributed by atoms with Crippen molar-refractivity contribution in [1.82, 2.24) is 0 Å². The third kappa shape index (κ3) is 2.57. The highest BCUT2D eigenvalue weighted by molar-refractivity contribution is 8.21. The normalized spacial score (nSPS) is 21.5. The zero-order chi connectivity index (χ0) is 10.1. The summed E-state index contributed by atoms with van der Waals surface area (Å²) in [6.07, 6.45) is 0. The van der Waals surface area contributed by atoms with Gasteiger partial charge in [-0.15, -0.1) is 11.8 Å². The van der Waals surface area contributed by atoms with Crippen LogP contribution in [0.25, 0.3) is 0 Å². The Labute approximate surface area is 85.9 Å². The van der Waals surface area contributed by atoms with E-state index in [9.17, 15) is 9.90 Å². The Hall–Kier alpha value is -0.290. The van der Waals surface area contributed by atoms with Crippen LogP contribution >= 0.6 is 23.5 Å². The van der Waals surface area contributed by atoms with Gasteiger partial charge in [-0.2, -0.15) is 0 Å². The number of thioether (sulfide) groups is 2. The van der Waals surface area contributed by atoms with Crippen LogP contribution in [0.1, 0.15) is 13.8 Å². The number of aliphatic hydroxyl groups is 1. The zero-order valence-electron chi connectivity index (χ0n) is 7.79. The summed E-state index contributed by atoms with van der Waals surface area (Å²) in [5.41, 5.74) is 0. The van der Waals surface area contributed by atoms with E-state index in [2.05, 4.69) is 4.74 Å². The molecule has 0 saturated heterocycles. The second kappa shape index (κ2) is 3.84. The van der Waals surface area contributed by atoms with E-state index in [0.717, 1.165) is 0 Å².